The van der Waals surface area contributed by atoms with E-state index in [1.165, 1.54) is 36.5 Å². The summed E-state index contributed by atoms with van der Waals surface area (Å²) in [7, 11) is 2.18. The number of benzene rings is 1. The van der Waals surface area contributed by atoms with E-state index < -0.39 is 0 Å². The Kier molecular flexibility index (Phi) is 4.34. The van der Waals surface area contributed by atoms with Crippen molar-refractivity contribution in [3.05, 3.63) is 52.6 Å². The van der Waals surface area contributed by atoms with Crippen LogP contribution in [-0.2, 0) is 26.4 Å². The number of nitrogens with zero attached hydrogens (tertiary/aromatic N) is 3. The first kappa shape index (κ1) is 16.3. The molecule has 0 radical (unpaired) electrons. The molecule has 1 aromatic carbocycles. The van der Waals surface area contributed by atoms with Gasteiger partial charge in [0.1, 0.15) is 5.82 Å². The molecule has 132 valence electrons. The van der Waals surface area contributed by atoms with Crippen molar-refractivity contribution in [2.45, 2.75) is 51.1 Å². The summed E-state index contributed by atoms with van der Waals surface area (Å²) in [6.45, 7) is 1.91. The SMILES string of the molecule is Cn1c([C@H]2CCCN2Cc2cccc(C(N)=O)c2)nc2c1CCCC2. The number of primary amides is 1. The molecule has 1 fully saturated rings. The fourth-order valence-corrected chi connectivity index (χ4v) is 4.37. The molecule has 1 saturated heterocycles. The van der Waals surface area contributed by atoms with Gasteiger partial charge in [0.05, 0.1) is 11.7 Å². The lowest BCUT2D eigenvalue weighted by molar-refractivity contribution is 0.1000. The van der Waals surface area contributed by atoms with Gasteiger partial charge in [-0.05, 0) is 62.8 Å². The van der Waals surface area contributed by atoms with E-state index in [9.17, 15) is 4.79 Å². The molecule has 1 amide bonds. The van der Waals surface area contributed by atoms with E-state index in [1.54, 1.807) is 6.07 Å². The van der Waals surface area contributed by atoms with E-state index in [0.717, 1.165) is 37.9 Å². The zero-order valence-corrected chi connectivity index (χ0v) is 14.9. The summed E-state index contributed by atoms with van der Waals surface area (Å²) in [5.74, 6) is 0.854. The molecule has 1 aliphatic carbocycles. The van der Waals surface area contributed by atoms with Crippen LogP contribution in [0.1, 0.15) is 64.9 Å². The molecule has 2 N–H and O–H groups in total. The summed E-state index contributed by atoms with van der Waals surface area (Å²) in [5.41, 5.74) is 9.89. The predicted octanol–water partition coefficient (Wildman–Crippen LogP) is 2.73. The van der Waals surface area contributed by atoms with Crippen LogP contribution < -0.4 is 5.73 Å². The van der Waals surface area contributed by atoms with Gasteiger partial charge < -0.3 is 10.3 Å². The predicted molar refractivity (Wildman–Crippen MR) is 97.2 cm³/mol. The van der Waals surface area contributed by atoms with Crippen molar-refractivity contribution in [2.75, 3.05) is 6.54 Å². The highest BCUT2D eigenvalue weighted by molar-refractivity contribution is 5.92. The van der Waals surface area contributed by atoms with Crippen LogP contribution in [0.25, 0.3) is 0 Å². The van der Waals surface area contributed by atoms with Gasteiger partial charge in [0.25, 0.3) is 0 Å². The maximum atomic E-state index is 11.4. The highest BCUT2D eigenvalue weighted by atomic mass is 16.1. The minimum Gasteiger partial charge on any atom is -0.366 e. The molecular weight excluding hydrogens is 312 g/mol. The van der Waals surface area contributed by atoms with Gasteiger partial charge in [0.15, 0.2) is 0 Å². The van der Waals surface area contributed by atoms with Gasteiger partial charge in [0.2, 0.25) is 5.91 Å². The number of nitrogens with two attached hydrogens (primary N) is 1. The Morgan fingerprint density at radius 1 is 1.28 bits per heavy atom. The largest absolute Gasteiger partial charge is 0.366 e. The molecule has 5 heteroatoms. The number of amides is 1. The zero-order valence-electron chi connectivity index (χ0n) is 14.9. The van der Waals surface area contributed by atoms with Crippen molar-refractivity contribution in [3.63, 3.8) is 0 Å². The molecule has 1 atom stereocenters. The van der Waals surface area contributed by atoms with Crippen molar-refractivity contribution >= 4 is 5.91 Å². The van der Waals surface area contributed by atoms with Crippen molar-refractivity contribution in [2.24, 2.45) is 12.8 Å². The number of rotatable bonds is 4. The molecule has 2 aromatic rings. The first-order valence-corrected chi connectivity index (χ1v) is 9.30. The third kappa shape index (κ3) is 3.09. The summed E-state index contributed by atoms with van der Waals surface area (Å²) in [5, 5.41) is 0. The van der Waals surface area contributed by atoms with Crippen LogP contribution >= 0.6 is 0 Å². The molecule has 0 bridgehead atoms. The van der Waals surface area contributed by atoms with Gasteiger partial charge in [-0.3, -0.25) is 9.69 Å². The molecule has 2 aliphatic rings. The molecule has 1 aromatic heterocycles. The summed E-state index contributed by atoms with van der Waals surface area (Å²) < 4.78 is 2.34. The van der Waals surface area contributed by atoms with Crippen molar-refractivity contribution in [3.8, 4) is 0 Å². The second-order valence-electron chi connectivity index (χ2n) is 7.32. The molecule has 2 heterocycles. The number of likely N-dealkylation sites (tertiary alicyclic amines) is 1. The number of aryl methyl sites for hydroxylation is 1. The van der Waals surface area contributed by atoms with Crippen LogP contribution in [0.15, 0.2) is 24.3 Å². The maximum Gasteiger partial charge on any atom is 0.248 e. The third-order valence-electron chi connectivity index (χ3n) is 5.67. The van der Waals surface area contributed by atoms with Crippen molar-refractivity contribution in [1.82, 2.24) is 14.5 Å². The van der Waals surface area contributed by atoms with E-state index in [1.807, 2.05) is 12.1 Å². The number of hydrogen-bond donors (Lipinski definition) is 1. The topological polar surface area (TPSA) is 64.2 Å². The standard InChI is InChI=1S/C20H26N4O/c1-23-17-9-3-2-8-16(17)22-20(23)18-10-5-11-24(18)13-14-6-4-7-15(12-14)19(21)25/h4,6-7,12,18H,2-3,5,8-11,13H2,1H3,(H2,21,25)/t18-/m1/s1. The molecule has 0 spiro atoms. The van der Waals surface area contributed by atoms with E-state index in [2.05, 4.69) is 22.6 Å². The second kappa shape index (κ2) is 6.64. The average Bonchev–Trinajstić information content (AvgIpc) is 3.20. The summed E-state index contributed by atoms with van der Waals surface area (Å²) >= 11 is 0. The van der Waals surface area contributed by atoms with Crippen LogP contribution in [0.5, 0.6) is 0 Å². The molecule has 0 unspecified atom stereocenters. The monoisotopic (exact) mass is 338 g/mol. The quantitative estimate of drug-likeness (QED) is 0.932. The first-order valence-electron chi connectivity index (χ1n) is 9.30. The third-order valence-corrected chi connectivity index (χ3v) is 5.67. The first-order chi connectivity index (χ1) is 12.1. The number of carbonyl (C=O) groups is 1. The fourth-order valence-electron chi connectivity index (χ4n) is 4.37. The highest BCUT2D eigenvalue weighted by Gasteiger charge is 2.31. The minimum atomic E-state index is -0.364. The lowest BCUT2D eigenvalue weighted by Crippen LogP contribution is -2.25. The normalized spacial score (nSPS) is 20.6. The van der Waals surface area contributed by atoms with E-state index in [-0.39, 0.29) is 5.91 Å². The minimum absolute atomic E-state index is 0.364. The fraction of sp³-hybridized carbons (Fsp3) is 0.500. The molecular formula is C20H26N4O. The van der Waals surface area contributed by atoms with E-state index >= 15 is 0 Å². The van der Waals surface area contributed by atoms with Crippen LogP contribution in [0.4, 0.5) is 0 Å². The summed E-state index contributed by atoms with van der Waals surface area (Å²) in [6, 6.07) is 8.06. The van der Waals surface area contributed by atoms with Crippen LogP contribution in [0.3, 0.4) is 0 Å². The van der Waals surface area contributed by atoms with E-state index in [0.29, 0.717) is 11.6 Å². The van der Waals surface area contributed by atoms with Gasteiger partial charge in [-0.15, -0.1) is 0 Å². The van der Waals surface area contributed by atoms with Crippen LogP contribution in [0, 0.1) is 0 Å². The van der Waals surface area contributed by atoms with Gasteiger partial charge in [-0.25, -0.2) is 4.98 Å². The van der Waals surface area contributed by atoms with Crippen LogP contribution in [0.2, 0.25) is 0 Å². The maximum absolute atomic E-state index is 11.4. The lowest BCUT2D eigenvalue weighted by atomic mass is 10.0. The average molecular weight is 338 g/mol. The number of carbonyl (C=O) groups excluding carboxylic acids is 1. The van der Waals surface area contributed by atoms with Crippen molar-refractivity contribution in [1.29, 1.82) is 0 Å². The molecule has 4 rings (SSSR count). The molecule has 5 nitrogen and oxygen atoms in total. The van der Waals surface area contributed by atoms with Gasteiger partial charge >= 0.3 is 0 Å². The number of fused-ring (bicyclic) bond motifs is 1. The van der Waals surface area contributed by atoms with Crippen molar-refractivity contribution < 1.29 is 4.79 Å². The summed E-state index contributed by atoms with van der Waals surface area (Å²) in [6.07, 6.45) is 7.16. The Bertz CT molecular complexity index is 795. The number of hydrogen-bond acceptors (Lipinski definition) is 3. The molecule has 1 aliphatic heterocycles. The molecule has 0 saturated carbocycles. The van der Waals surface area contributed by atoms with Gasteiger partial charge in [-0.2, -0.15) is 0 Å². The van der Waals surface area contributed by atoms with Gasteiger partial charge in [0, 0.05) is 24.8 Å². The number of aromatic nitrogens is 2. The Morgan fingerprint density at radius 3 is 2.92 bits per heavy atom. The lowest BCUT2D eigenvalue weighted by Gasteiger charge is -2.24. The zero-order chi connectivity index (χ0) is 17.4. The Labute approximate surface area is 148 Å². The van der Waals surface area contributed by atoms with E-state index in [4.69, 9.17) is 10.7 Å². The summed E-state index contributed by atoms with van der Waals surface area (Å²) in [4.78, 5) is 18.9. The smallest absolute Gasteiger partial charge is 0.248 e. The Hall–Kier alpha value is -2.14. The number of imidazole rings is 1. The Balaban J connectivity index is 1.58. The highest BCUT2D eigenvalue weighted by Crippen LogP contribution is 2.34. The Morgan fingerprint density at radius 2 is 2.12 bits per heavy atom. The van der Waals surface area contributed by atoms with Gasteiger partial charge in [-0.1, -0.05) is 12.1 Å². The van der Waals surface area contributed by atoms with Crippen LogP contribution in [-0.4, -0.2) is 26.9 Å². The second-order valence-corrected chi connectivity index (χ2v) is 7.32. The molecule has 25 heavy (non-hydrogen) atoms.